The Balaban J connectivity index is 1.59. The molecule has 0 spiro atoms. The van der Waals surface area contributed by atoms with Gasteiger partial charge in [0.05, 0.1) is 10.9 Å². The van der Waals surface area contributed by atoms with Crippen LogP contribution in [0, 0.1) is 0 Å². The molecule has 0 radical (unpaired) electrons. The van der Waals surface area contributed by atoms with E-state index in [0.29, 0.717) is 36.2 Å². The number of aromatic nitrogens is 2. The zero-order valence-corrected chi connectivity index (χ0v) is 15.4. The Morgan fingerprint density at radius 3 is 2.52 bits per heavy atom. The number of nitrogens with one attached hydrogen (secondary N) is 1. The molecular formula is C20H24N4O3. The van der Waals surface area contributed by atoms with Gasteiger partial charge in [-0.15, -0.1) is 0 Å². The van der Waals surface area contributed by atoms with Gasteiger partial charge in [-0.3, -0.25) is 19.0 Å². The van der Waals surface area contributed by atoms with Gasteiger partial charge in [-0.05, 0) is 50.3 Å². The van der Waals surface area contributed by atoms with Crippen molar-refractivity contribution in [3.05, 3.63) is 34.4 Å². The number of benzene rings is 1. The average molecular weight is 368 g/mol. The maximum absolute atomic E-state index is 12.9. The van der Waals surface area contributed by atoms with Crippen LogP contribution in [0.15, 0.2) is 23.0 Å². The zero-order chi connectivity index (χ0) is 18.8. The number of rotatable bonds is 1. The SMILES string of the molecule is O=C(Nc1ccc2nc3n(c(=O)c2c1)CCCCC3)C(=O)N1CCCCC1. The van der Waals surface area contributed by atoms with E-state index in [0.717, 1.165) is 50.8 Å². The lowest BCUT2D eigenvalue weighted by atomic mass is 10.1. The van der Waals surface area contributed by atoms with Crippen molar-refractivity contribution in [1.29, 1.82) is 0 Å². The summed E-state index contributed by atoms with van der Waals surface area (Å²) in [5, 5.41) is 3.12. The highest BCUT2D eigenvalue weighted by Crippen LogP contribution is 2.19. The van der Waals surface area contributed by atoms with Gasteiger partial charge in [0.15, 0.2) is 0 Å². The first kappa shape index (κ1) is 17.7. The fourth-order valence-corrected chi connectivity index (χ4v) is 3.92. The summed E-state index contributed by atoms with van der Waals surface area (Å²) in [5.41, 5.74) is 1.01. The summed E-state index contributed by atoms with van der Waals surface area (Å²) >= 11 is 0. The minimum Gasteiger partial charge on any atom is -0.334 e. The fourth-order valence-electron chi connectivity index (χ4n) is 3.92. The minimum absolute atomic E-state index is 0.0737. The van der Waals surface area contributed by atoms with Gasteiger partial charge in [0, 0.05) is 31.7 Å². The Morgan fingerprint density at radius 2 is 1.70 bits per heavy atom. The predicted molar refractivity (Wildman–Crippen MR) is 103 cm³/mol. The molecule has 0 aliphatic carbocycles. The molecule has 7 heteroatoms. The van der Waals surface area contributed by atoms with Crippen LogP contribution in [0.4, 0.5) is 5.69 Å². The molecule has 142 valence electrons. The smallest absolute Gasteiger partial charge is 0.313 e. The molecule has 7 nitrogen and oxygen atoms in total. The summed E-state index contributed by atoms with van der Waals surface area (Å²) in [7, 11) is 0. The van der Waals surface area contributed by atoms with E-state index in [2.05, 4.69) is 10.3 Å². The number of aryl methyl sites for hydroxylation is 1. The first-order valence-corrected chi connectivity index (χ1v) is 9.77. The Kier molecular flexibility index (Phi) is 4.92. The van der Waals surface area contributed by atoms with Gasteiger partial charge < -0.3 is 10.2 Å². The summed E-state index contributed by atoms with van der Waals surface area (Å²) in [5.74, 6) is -0.326. The lowest BCUT2D eigenvalue weighted by molar-refractivity contribution is -0.143. The van der Waals surface area contributed by atoms with Crippen LogP contribution < -0.4 is 10.9 Å². The van der Waals surface area contributed by atoms with E-state index in [1.807, 2.05) is 0 Å². The van der Waals surface area contributed by atoms with E-state index >= 15 is 0 Å². The third-order valence-corrected chi connectivity index (χ3v) is 5.41. The molecule has 0 unspecified atom stereocenters. The van der Waals surface area contributed by atoms with Gasteiger partial charge in [0.1, 0.15) is 5.82 Å². The van der Waals surface area contributed by atoms with Crippen molar-refractivity contribution in [2.45, 2.75) is 51.5 Å². The van der Waals surface area contributed by atoms with E-state index in [-0.39, 0.29) is 5.56 Å². The molecule has 2 aromatic rings. The summed E-state index contributed by atoms with van der Waals surface area (Å²) < 4.78 is 1.75. The van der Waals surface area contributed by atoms with E-state index in [1.54, 1.807) is 27.7 Å². The van der Waals surface area contributed by atoms with Gasteiger partial charge >= 0.3 is 11.8 Å². The van der Waals surface area contributed by atoms with Gasteiger partial charge in [-0.25, -0.2) is 4.98 Å². The van der Waals surface area contributed by atoms with Crippen LogP contribution in [0.2, 0.25) is 0 Å². The molecule has 27 heavy (non-hydrogen) atoms. The molecule has 0 atom stereocenters. The number of hydrogen-bond acceptors (Lipinski definition) is 4. The highest BCUT2D eigenvalue weighted by Gasteiger charge is 2.23. The molecule has 3 heterocycles. The van der Waals surface area contributed by atoms with Gasteiger partial charge in [-0.2, -0.15) is 0 Å². The Morgan fingerprint density at radius 1 is 0.963 bits per heavy atom. The Bertz CT molecular complexity index is 944. The third kappa shape index (κ3) is 3.59. The summed E-state index contributed by atoms with van der Waals surface area (Å²) in [6.45, 7) is 1.93. The van der Waals surface area contributed by atoms with E-state index < -0.39 is 11.8 Å². The Hall–Kier alpha value is -2.70. The molecule has 1 aromatic carbocycles. The van der Waals surface area contributed by atoms with E-state index in [4.69, 9.17) is 0 Å². The summed E-state index contributed by atoms with van der Waals surface area (Å²) in [6, 6.07) is 5.07. The molecular weight excluding hydrogens is 344 g/mol. The molecule has 1 saturated heterocycles. The largest absolute Gasteiger partial charge is 0.334 e. The van der Waals surface area contributed by atoms with Crippen LogP contribution in [0.3, 0.4) is 0 Å². The molecule has 1 fully saturated rings. The second-order valence-corrected chi connectivity index (χ2v) is 7.33. The maximum atomic E-state index is 12.9. The van der Waals surface area contributed by atoms with Crippen molar-refractivity contribution in [3.8, 4) is 0 Å². The van der Waals surface area contributed by atoms with Gasteiger partial charge in [-0.1, -0.05) is 6.42 Å². The highest BCUT2D eigenvalue weighted by molar-refractivity contribution is 6.39. The number of piperidine rings is 1. The van der Waals surface area contributed by atoms with Crippen LogP contribution in [0.1, 0.15) is 44.3 Å². The first-order valence-electron chi connectivity index (χ1n) is 9.77. The number of carbonyl (C=O) groups is 2. The number of fused-ring (bicyclic) bond motifs is 2. The Labute approximate surface area is 157 Å². The number of hydrogen-bond donors (Lipinski definition) is 1. The van der Waals surface area contributed by atoms with Gasteiger partial charge in [0.2, 0.25) is 0 Å². The predicted octanol–water partition coefficient (Wildman–Crippen LogP) is 2.07. The van der Waals surface area contributed by atoms with Crippen LogP contribution in [-0.2, 0) is 22.6 Å². The van der Waals surface area contributed by atoms with Crippen LogP contribution in [0.25, 0.3) is 10.9 Å². The molecule has 2 amide bonds. The number of likely N-dealkylation sites (tertiary alicyclic amines) is 1. The summed E-state index contributed by atoms with van der Waals surface area (Å²) in [4.78, 5) is 43.7. The quantitative estimate of drug-likeness (QED) is 0.781. The first-order chi connectivity index (χ1) is 13.1. The summed E-state index contributed by atoms with van der Waals surface area (Å²) in [6.07, 6.45) is 6.89. The maximum Gasteiger partial charge on any atom is 0.313 e. The standard InChI is InChI=1S/C20H24N4O3/c25-18(20(27)23-10-4-2-5-11-23)21-14-8-9-16-15(13-14)19(26)24-12-6-1-3-7-17(24)22-16/h8-9,13H,1-7,10-12H2,(H,21,25). The van der Waals surface area contributed by atoms with Crippen molar-refractivity contribution in [2.75, 3.05) is 18.4 Å². The second-order valence-electron chi connectivity index (χ2n) is 7.33. The average Bonchev–Trinajstić information content (AvgIpc) is 2.94. The van der Waals surface area contributed by atoms with Crippen LogP contribution in [0.5, 0.6) is 0 Å². The van der Waals surface area contributed by atoms with Crippen LogP contribution in [-0.4, -0.2) is 39.4 Å². The zero-order valence-electron chi connectivity index (χ0n) is 15.4. The highest BCUT2D eigenvalue weighted by atomic mass is 16.2. The fraction of sp³-hybridized carbons (Fsp3) is 0.500. The molecule has 2 aliphatic rings. The number of amides is 2. The third-order valence-electron chi connectivity index (χ3n) is 5.41. The molecule has 1 aromatic heterocycles. The topological polar surface area (TPSA) is 84.3 Å². The molecule has 0 saturated carbocycles. The normalized spacial score (nSPS) is 17.3. The van der Waals surface area contributed by atoms with E-state index in [9.17, 15) is 14.4 Å². The second kappa shape index (κ2) is 7.50. The minimum atomic E-state index is -0.654. The van der Waals surface area contributed by atoms with Crippen molar-refractivity contribution >= 4 is 28.4 Å². The molecule has 1 N–H and O–H groups in total. The number of carbonyl (C=O) groups excluding carboxylic acids is 2. The van der Waals surface area contributed by atoms with Crippen molar-refractivity contribution in [1.82, 2.24) is 14.5 Å². The van der Waals surface area contributed by atoms with Crippen LogP contribution >= 0.6 is 0 Å². The monoisotopic (exact) mass is 368 g/mol. The van der Waals surface area contributed by atoms with Crippen molar-refractivity contribution in [3.63, 3.8) is 0 Å². The lowest BCUT2D eigenvalue weighted by Crippen LogP contribution is -2.42. The van der Waals surface area contributed by atoms with Crippen molar-refractivity contribution in [2.24, 2.45) is 0 Å². The van der Waals surface area contributed by atoms with Gasteiger partial charge in [0.25, 0.3) is 5.56 Å². The molecule has 0 bridgehead atoms. The number of anilines is 1. The molecule has 4 rings (SSSR count). The lowest BCUT2D eigenvalue weighted by Gasteiger charge is -2.25. The van der Waals surface area contributed by atoms with Crippen molar-refractivity contribution < 1.29 is 9.59 Å². The number of nitrogens with zero attached hydrogens (tertiary/aromatic N) is 3. The van der Waals surface area contributed by atoms with E-state index in [1.165, 1.54) is 0 Å². The molecule has 2 aliphatic heterocycles.